The first-order valence-electron chi connectivity index (χ1n) is 6.52. The summed E-state index contributed by atoms with van der Waals surface area (Å²) in [7, 11) is 0. The van der Waals surface area contributed by atoms with Crippen LogP contribution in [0.25, 0.3) is 0 Å². The summed E-state index contributed by atoms with van der Waals surface area (Å²) < 4.78 is 0. The Morgan fingerprint density at radius 2 is 1.76 bits per heavy atom. The minimum atomic E-state index is 0.396. The smallest absolute Gasteiger partial charge is 0.0367 e. The lowest BCUT2D eigenvalue weighted by Gasteiger charge is -2.32. The number of hydrogen-bond donors (Lipinski definition) is 2. The van der Waals surface area contributed by atoms with Gasteiger partial charge in [0.25, 0.3) is 0 Å². The van der Waals surface area contributed by atoms with E-state index in [0.29, 0.717) is 12.1 Å². The molecule has 2 rings (SSSR count). The highest BCUT2D eigenvalue weighted by Crippen LogP contribution is 2.21. The standard InChI is InChI=1S/C14H23N3/c1-11(2)16-13-3-5-14(6-4-13)17-9-7-12(15)8-10-17/h3-6,11-12,16H,7-10,15H2,1-2H3. The van der Waals surface area contributed by atoms with E-state index in [1.165, 1.54) is 11.4 Å². The van der Waals surface area contributed by atoms with Crippen LogP contribution in [0.3, 0.4) is 0 Å². The number of anilines is 2. The van der Waals surface area contributed by atoms with Crippen molar-refractivity contribution in [1.29, 1.82) is 0 Å². The molecule has 3 heteroatoms. The Bertz CT molecular complexity index is 337. The molecule has 17 heavy (non-hydrogen) atoms. The molecule has 0 unspecified atom stereocenters. The Kier molecular flexibility index (Phi) is 3.89. The number of nitrogens with one attached hydrogen (secondary N) is 1. The number of benzene rings is 1. The molecule has 1 aromatic rings. The minimum Gasteiger partial charge on any atom is -0.383 e. The molecule has 0 aromatic heterocycles. The van der Waals surface area contributed by atoms with E-state index in [0.717, 1.165) is 25.9 Å². The Morgan fingerprint density at radius 1 is 1.18 bits per heavy atom. The van der Waals surface area contributed by atoms with E-state index in [1.54, 1.807) is 0 Å². The molecule has 0 bridgehead atoms. The van der Waals surface area contributed by atoms with Gasteiger partial charge in [-0.2, -0.15) is 0 Å². The van der Waals surface area contributed by atoms with Crippen molar-refractivity contribution in [2.45, 2.75) is 38.8 Å². The second-order valence-electron chi connectivity index (χ2n) is 5.17. The third-order valence-electron chi connectivity index (χ3n) is 3.23. The molecule has 0 saturated carbocycles. The van der Waals surface area contributed by atoms with E-state index in [1.807, 2.05) is 0 Å². The van der Waals surface area contributed by atoms with Crippen molar-refractivity contribution >= 4 is 11.4 Å². The van der Waals surface area contributed by atoms with E-state index in [-0.39, 0.29) is 0 Å². The van der Waals surface area contributed by atoms with Gasteiger partial charge in [-0.05, 0) is 51.0 Å². The summed E-state index contributed by atoms with van der Waals surface area (Å²) in [4.78, 5) is 2.42. The maximum Gasteiger partial charge on any atom is 0.0367 e. The third kappa shape index (κ3) is 3.37. The molecule has 3 N–H and O–H groups in total. The van der Waals surface area contributed by atoms with Gasteiger partial charge < -0.3 is 16.0 Å². The van der Waals surface area contributed by atoms with Gasteiger partial charge in [0.05, 0.1) is 0 Å². The van der Waals surface area contributed by atoms with Crippen LogP contribution in [0.2, 0.25) is 0 Å². The average Bonchev–Trinajstić information content (AvgIpc) is 2.30. The van der Waals surface area contributed by atoms with Crippen LogP contribution in [-0.2, 0) is 0 Å². The highest BCUT2D eigenvalue weighted by Gasteiger charge is 2.15. The summed E-state index contributed by atoms with van der Waals surface area (Å²) in [6.07, 6.45) is 2.21. The number of rotatable bonds is 3. The van der Waals surface area contributed by atoms with Gasteiger partial charge in [-0.15, -0.1) is 0 Å². The van der Waals surface area contributed by atoms with Crippen LogP contribution < -0.4 is 16.0 Å². The predicted octanol–water partition coefficient (Wildman–Crippen LogP) is 2.43. The fourth-order valence-electron chi connectivity index (χ4n) is 2.26. The number of piperidine rings is 1. The molecule has 0 spiro atoms. The quantitative estimate of drug-likeness (QED) is 0.842. The number of hydrogen-bond acceptors (Lipinski definition) is 3. The Labute approximate surface area is 104 Å². The largest absolute Gasteiger partial charge is 0.383 e. The Balaban J connectivity index is 1.97. The van der Waals surface area contributed by atoms with Crippen LogP contribution >= 0.6 is 0 Å². The van der Waals surface area contributed by atoms with Gasteiger partial charge in [-0.1, -0.05) is 0 Å². The summed E-state index contributed by atoms with van der Waals surface area (Å²) in [5.74, 6) is 0. The van der Waals surface area contributed by atoms with Gasteiger partial charge in [0, 0.05) is 36.5 Å². The number of nitrogens with two attached hydrogens (primary N) is 1. The molecule has 1 aliphatic heterocycles. The van der Waals surface area contributed by atoms with Gasteiger partial charge in [-0.3, -0.25) is 0 Å². The van der Waals surface area contributed by atoms with Crippen LogP contribution in [0, 0.1) is 0 Å². The zero-order chi connectivity index (χ0) is 12.3. The van der Waals surface area contributed by atoms with Crippen LogP contribution in [0.4, 0.5) is 11.4 Å². The first kappa shape index (κ1) is 12.2. The third-order valence-corrected chi connectivity index (χ3v) is 3.23. The lowest BCUT2D eigenvalue weighted by Crippen LogP contribution is -2.39. The molecule has 0 amide bonds. The van der Waals surface area contributed by atoms with Crippen LogP contribution in [0.5, 0.6) is 0 Å². The predicted molar refractivity (Wildman–Crippen MR) is 74.6 cm³/mol. The molecule has 0 radical (unpaired) electrons. The van der Waals surface area contributed by atoms with Gasteiger partial charge in [0.1, 0.15) is 0 Å². The summed E-state index contributed by atoms with van der Waals surface area (Å²) in [6, 6.07) is 9.58. The fraction of sp³-hybridized carbons (Fsp3) is 0.571. The zero-order valence-corrected chi connectivity index (χ0v) is 10.8. The molecule has 1 fully saturated rings. The van der Waals surface area contributed by atoms with Crippen molar-refractivity contribution < 1.29 is 0 Å². The van der Waals surface area contributed by atoms with Crippen LogP contribution in [-0.4, -0.2) is 25.2 Å². The second kappa shape index (κ2) is 5.41. The molecular weight excluding hydrogens is 210 g/mol. The highest BCUT2D eigenvalue weighted by atomic mass is 15.1. The van der Waals surface area contributed by atoms with Crippen LogP contribution in [0.15, 0.2) is 24.3 Å². The van der Waals surface area contributed by atoms with Crippen molar-refractivity contribution in [3.8, 4) is 0 Å². The summed E-state index contributed by atoms with van der Waals surface area (Å²) in [5, 5.41) is 3.40. The summed E-state index contributed by atoms with van der Waals surface area (Å²) in [5.41, 5.74) is 8.42. The zero-order valence-electron chi connectivity index (χ0n) is 10.8. The van der Waals surface area contributed by atoms with E-state index < -0.39 is 0 Å². The molecule has 1 aromatic carbocycles. The molecule has 94 valence electrons. The van der Waals surface area contributed by atoms with Gasteiger partial charge in [0.2, 0.25) is 0 Å². The van der Waals surface area contributed by atoms with Gasteiger partial charge in [0.15, 0.2) is 0 Å². The van der Waals surface area contributed by atoms with E-state index in [2.05, 4.69) is 48.3 Å². The first-order valence-corrected chi connectivity index (χ1v) is 6.52. The molecule has 0 atom stereocenters. The SMILES string of the molecule is CC(C)Nc1ccc(N2CCC(N)CC2)cc1. The van der Waals surface area contributed by atoms with Crippen molar-refractivity contribution in [3.63, 3.8) is 0 Å². The lowest BCUT2D eigenvalue weighted by atomic mass is 10.1. The molecule has 3 nitrogen and oxygen atoms in total. The lowest BCUT2D eigenvalue weighted by molar-refractivity contribution is 0.501. The maximum atomic E-state index is 5.92. The van der Waals surface area contributed by atoms with Crippen LogP contribution in [0.1, 0.15) is 26.7 Å². The molecule has 1 heterocycles. The van der Waals surface area contributed by atoms with Gasteiger partial charge >= 0.3 is 0 Å². The van der Waals surface area contributed by atoms with E-state index >= 15 is 0 Å². The maximum absolute atomic E-state index is 5.92. The number of nitrogens with zero attached hydrogens (tertiary/aromatic N) is 1. The summed E-state index contributed by atoms with van der Waals surface area (Å²) in [6.45, 7) is 6.47. The summed E-state index contributed by atoms with van der Waals surface area (Å²) >= 11 is 0. The van der Waals surface area contributed by atoms with Crippen molar-refractivity contribution in [2.24, 2.45) is 5.73 Å². The van der Waals surface area contributed by atoms with E-state index in [4.69, 9.17) is 5.73 Å². The van der Waals surface area contributed by atoms with Gasteiger partial charge in [-0.25, -0.2) is 0 Å². The van der Waals surface area contributed by atoms with E-state index in [9.17, 15) is 0 Å². The highest BCUT2D eigenvalue weighted by molar-refractivity contribution is 5.55. The molecule has 1 aliphatic rings. The normalized spacial score (nSPS) is 17.5. The molecular formula is C14H23N3. The average molecular weight is 233 g/mol. The molecule has 0 aliphatic carbocycles. The first-order chi connectivity index (χ1) is 8.15. The fourth-order valence-corrected chi connectivity index (χ4v) is 2.26. The Hall–Kier alpha value is -1.22. The van der Waals surface area contributed by atoms with Crippen molar-refractivity contribution in [3.05, 3.63) is 24.3 Å². The molecule has 1 saturated heterocycles. The Morgan fingerprint density at radius 3 is 2.29 bits per heavy atom. The minimum absolute atomic E-state index is 0.396. The monoisotopic (exact) mass is 233 g/mol. The second-order valence-corrected chi connectivity index (χ2v) is 5.17. The topological polar surface area (TPSA) is 41.3 Å². The van der Waals surface area contributed by atoms with Crippen molar-refractivity contribution in [2.75, 3.05) is 23.3 Å². The van der Waals surface area contributed by atoms with Crippen molar-refractivity contribution in [1.82, 2.24) is 0 Å².